The molecule has 1 aliphatic heterocycles. The van der Waals surface area contributed by atoms with Crippen LogP contribution in [0.1, 0.15) is 43.6 Å². The lowest BCUT2D eigenvalue weighted by molar-refractivity contribution is -0.00405. The van der Waals surface area contributed by atoms with Crippen LogP contribution in [0.2, 0.25) is 0 Å². The van der Waals surface area contributed by atoms with Gasteiger partial charge < -0.3 is 14.4 Å². The summed E-state index contributed by atoms with van der Waals surface area (Å²) in [4.78, 5) is 13.7. The Morgan fingerprint density at radius 2 is 2.23 bits per heavy atom. The molecular formula is C17H22N2O3. The minimum atomic E-state index is -0.375. The van der Waals surface area contributed by atoms with E-state index in [2.05, 4.69) is 6.07 Å². The van der Waals surface area contributed by atoms with E-state index in [0.717, 1.165) is 17.5 Å². The maximum Gasteiger partial charge on any atom is 0.410 e. The van der Waals surface area contributed by atoms with Gasteiger partial charge in [-0.25, -0.2) is 4.79 Å². The van der Waals surface area contributed by atoms with Gasteiger partial charge in [-0.2, -0.15) is 5.26 Å². The fourth-order valence-corrected chi connectivity index (χ4v) is 2.73. The zero-order chi connectivity index (χ0) is 16.3. The summed E-state index contributed by atoms with van der Waals surface area (Å²) in [5.41, 5.74) is 2.33. The Hall–Kier alpha value is -2.06. The van der Waals surface area contributed by atoms with E-state index in [1.807, 2.05) is 39.0 Å². The van der Waals surface area contributed by atoms with Gasteiger partial charge in [0, 0.05) is 5.54 Å². The normalized spacial score (nSPS) is 17.3. The predicted molar refractivity (Wildman–Crippen MR) is 82.4 cm³/mol. The van der Waals surface area contributed by atoms with E-state index in [0.29, 0.717) is 18.7 Å². The van der Waals surface area contributed by atoms with Crippen molar-refractivity contribution in [1.29, 1.82) is 5.26 Å². The van der Waals surface area contributed by atoms with E-state index in [9.17, 15) is 10.1 Å². The van der Waals surface area contributed by atoms with Crippen LogP contribution in [-0.2, 0) is 15.9 Å². The van der Waals surface area contributed by atoms with Gasteiger partial charge in [0.2, 0.25) is 0 Å². The third-order valence-electron chi connectivity index (χ3n) is 3.90. The summed E-state index contributed by atoms with van der Waals surface area (Å²) < 4.78 is 10.8. The number of nitrogens with zero attached hydrogens (tertiary/aromatic N) is 2. The molecule has 0 spiro atoms. The largest absolute Gasteiger partial charge is 0.453 e. The smallest absolute Gasteiger partial charge is 0.410 e. The van der Waals surface area contributed by atoms with Crippen molar-refractivity contribution in [2.45, 2.75) is 38.8 Å². The second-order valence-electron chi connectivity index (χ2n) is 6.35. The molecule has 0 saturated carbocycles. The molecular weight excluding hydrogens is 280 g/mol. The summed E-state index contributed by atoms with van der Waals surface area (Å²) in [5.74, 6) is 0. The highest BCUT2D eigenvalue weighted by molar-refractivity contribution is 5.68. The van der Waals surface area contributed by atoms with Crippen LogP contribution in [0.4, 0.5) is 4.79 Å². The Bertz CT molecular complexity index is 599. The third kappa shape index (κ3) is 3.23. The number of benzene rings is 1. The molecule has 0 saturated heterocycles. The first-order chi connectivity index (χ1) is 10.4. The first-order valence-corrected chi connectivity index (χ1v) is 7.37. The minimum Gasteiger partial charge on any atom is -0.453 e. The molecule has 1 aromatic rings. The quantitative estimate of drug-likeness (QED) is 0.842. The number of hydrogen-bond acceptors (Lipinski definition) is 4. The van der Waals surface area contributed by atoms with E-state index in [1.54, 1.807) is 4.90 Å². The molecule has 0 N–H and O–H groups in total. The number of methoxy groups -OCH3 is 1. The second-order valence-corrected chi connectivity index (χ2v) is 6.35. The van der Waals surface area contributed by atoms with Crippen molar-refractivity contribution in [2.24, 2.45) is 0 Å². The maximum atomic E-state index is 12.1. The Kier molecular flexibility index (Phi) is 4.72. The topological polar surface area (TPSA) is 62.6 Å². The standard InChI is InChI=1S/C17H22N2O3/c1-17(2,3)19(16(20)21-4)11-15-14-7-5-6-12(10-18)13(14)8-9-22-15/h5-7,15H,8-9,11H2,1-4H3/t15-/m1/s1. The number of carbonyl (C=O) groups excluding carboxylic acids is 1. The maximum absolute atomic E-state index is 12.1. The van der Waals surface area contributed by atoms with Gasteiger partial charge in [0.25, 0.3) is 0 Å². The van der Waals surface area contributed by atoms with Crippen molar-refractivity contribution < 1.29 is 14.3 Å². The second kappa shape index (κ2) is 6.37. The molecule has 0 aliphatic carbocycles. The highest BCUT2D eigenvalue weighted by Crippen LogP contribution is 2.31. The number of carbonyl (C=O) groups is 1. The fourth-order valence-electron chi connectivity index (χ4n) is 2.73. The van der Waals surface area contributed by atoms with Gasteiger partial charge in [-0.05, 0) is 44.4 Å². The third-order valence-corrected chi connectivity index (χ3v) is 3.90. The van der Waals surface area contributed by atoms with E-state index < -0.39 is 0 Å². The summed E-state index contributed by atoms with van der Waals surface area (Å²) in [7, 11) is 1.38. The van der Waals surface area contributed by atoms with Crippen LogP contribution >= 0.6 is 0 Å². The van der Waals surface area contributed by atoms with Crippen LogP contribution in [0.15, 0.2) is 18.2 Å². The Labute approximate surface area is 131 Å². The molecule has 118 valence electrons. The molecule has 5 nitrogen and oxygen atoms in total. The summed E-state index contributed by atoms with van der Waals surface area (Å²) in [6.07, 6.45) is 0.110. The van der Waals surface area contributed by atoms with Crippen molar-refractivity contribution in [3.05, 3.63) is 34.9 Å². The lowest BCUT2D eigenvalue weighted by atomic mass is 9.92. The van der Waals surface area contributed by atoms with E-state index in [1.165, 1.54) is 7.11 Å². The Balaban J connectivity index is 2.32. The molecule has 1 aromatic carbocycles. The van der Waals surface area contributed by atoms with Gasteiger partial charge in [-0.15, -0.1) is 0 Å². The molecule has 22 heavy (non-hydrogen) atoms. The lowest BCUT2D eigenvalue weighted by Gasteiger charge is -2.38. The van der Waals surface area contributed by atoms with Crippen LogP contribution in [0, 0.1) is 11.3 Å². The van der Waals surface area contributed by atoms with Crippen molar-refractivity contribution in [3.8, 4) is 6.07 Å². The number of hydrogen-bond donors (Lipinski definition) is 0. The molecule has 5 heteroatoms. The first kappa shape index (κ1) is 16.3. The van der Waals surface area contributed by atoms with Gasteiger partial charge in [-0.3, -0.25) is 0 Å². The van der Waals surface area contributed by atoms with Crippen LogP contribution in [0.3, 0.4) is 0 Å². The van der Waals surface area contributed by atoms with Crippen LogP contribution in [0.5, 0.6) is 0 Å². The van der Waals surface area contributed by atoms with E-state index in [4.69, 9.17) is 9.47 Å². The Morgan fingerprint density at radius 1 is 1.50 bits per heavy atom. The predicted octanol–water partition coefficient (Wildman–Crippen LogP) is 3.04. The molecule has 0 aromatic heterocycles. The molecule has 1 atom stereocenters. The summed E-state index contributed by atoms with van der Waals surface area (Å²) >= 11 is 0. The zero-order valence-electron chi connectivity index (χ0n) is 13.5. The molecule has 0 unspecified atom stereocenters. The highest BCUT2D eigenvalue weighted by atomic mass is 16.5. The molecule has 0 fully saturated rings. The van der Waals surface area contributed by atoms with Gasteiger partial charge in [0.15, 0.2) is 0 Å². The summed E-state index contributed by atoms with van der Waals surface area (Å²) in [6.45, 7) is 6.83. The molecule has 1 heterocycles. The van der Waals surface area contributed by atoms with Crippen molar-refractivity contribution in [3.63, 3.8) is 0 Å². The van der Waals surface area contributed by atoms with Crippen LogP contribution < -0.4 is 0 Å². The number of ether oxygens (including phenoxy) is 2. The number of nitriles is 1. The molecule has 1 amide bonds. The highest BCUT2D eigenvalue weighted by Gasteiger charge is 2.33. The van der Waals surface area contributed by atoms with Crippen molar-refractivity contribution >= 4 is 6.09 Å². The van der Waals surface area contributed by atoms with Crippen molar-refractivity contribution in [1.82, 2.24) is 4.90 Å². The van der Waals surface area contributed by atoms with Crippen molar-refractivity contribution in [2.75, 3.05) is 20.3 Å². The summed E-state index contributed by atoms with van der Waals surface area (Å²) in [6, 6.07) is 7.88. The number of rotatable bonds is 2. The molecule has 0 radical (unpaired) electrons. The first-order valence-electron chi connectivity index (χ1n) is 7.37. The van der Waals surface area contributed by atoms with Gasteiger partial charge in [0.1, 0.15) is 6.10 Å². The zero-order valence-corrected chi connectivity index (χ0v) is 13.5. The molecule has 2 rings (SSSR count). The summed E-state index contributed by atoms with van der Waals surface area (Å²) in [5, 5.41) is 9.24. The van der Waals surface area contributed by atoms with E-state index >= 15 is 0 Å². The van der Waals surface area contributed by atoms with Crippen LogP contribution in [0.25, 0.3) is 0 Å². The van der Waals surface area contributed by atoms with E-state index in [-0.39, 0.29) is 17.7 Å². The average molecular weight is 302 g/mol. The SMILES string of the molecule is COC(=O)N(C[C@H]1OCCc2c(C#N)cccc21)C(C)(C)C. The minimum absolute atomic E-state index is 0.240. The number of fused-ring (bicyclic) bond motifs is 1. The lowest BCUT2D eigenvalue weighted by Crippen LogP contribution is -2.48. The number of amides is 1. The van der Waals surface area contributed by atoms with Crippen LogP contribution in [-0.4, -0.2) is 36.8 Å². The van der Waals surface area contributed by atoms with Gasteiger partial charge in [0.05, 0.1) is 31.9 Å². The Morgan fingerprint density at radius 3 is 2.82 bits per heavy atom. The molecule has 0 bridgehead atoms. The molecule has 1 aliphatic rings. The van der Waals surface area contributed by atoms with Gasteiger partial charge in [-0.1, -0.05) is 12.1 Å². The average Bonchev–Trinajstić information content (AvgIpc) is 2.50. The monoisotopic (exact) mass is 302 g/mol. The van der Waals surface area contributed by atoms with Gasteiger partial charge >= 0.3 is 6.09 Å². The fraction of sp³-hybridized carbons (Fsp3) is 0.529.